The summed E-state index contributed by atoms with van der Waals surface area (Å²) in [6.45, 7) is 2.72. The molecule has 1 aromatic carbocycles. The number of hydrogen-bond acceptors (Lipinski definition) is 2. The molecule has 1 atom stereocenters. The first-order chi connectivity index (χ1) is 7.17. The molecule has 0 saturated heterocycles. The number of aliphatic hydroxyl groups is 1. The third-order valence-corrected chi connectivity index (χ3v) is 3.82. The molecule has 2 nitrogen and oxygen atoms in total. The van der Waals surface area contributed by atoms with Crippen molar-refractivity contribution < 1.29 is 5.11 Å². The Hall–Kier alpha value is -0.380. The molecule has 0 spiro atoms. The Morgan fingerprint density at radius 2 is 2.07 bits per heavy atom. The van der Waals surface area contributed by atoms with Gasteiger partial charge in [0, 0.05) is 16.4 Å². The number of rotatable bonds is 5. The van der Waals surface area contributed by atoms with E-state index in [4.69, 9.17) is 5.73 Å². The smallest absolute Gasteiger partial charge is 0.0502 e. The summed E-state index contributed by atoms with van der Waals surface area (Å²) >= 11 is 3.51. The third kappa shape index (κ3) is 3.03. The molecular formula is C12H18BrNO. The van der Waals surface area contributed by atoms with Gasteiger partial charge in [-0.2, -0.15) is 0 Å². The van der Waals surface area contributed by atoms with Gasteiger partial charge in [0.25, 0.3) is 0 Å². The molecule has 0 aromatic heterocycles. The molecule has 84 valence electrons. The van der Waals surface area contributed by atoms with E-state index in [0.717, 1.165) is 17.3 Å². The number of halogens is 1. The van der Waals surface area contributed by atoms with Crippen molar-refractivity contribution in [2.24, 2.45) is 11.1 Å². The summed E-state index contributed by atoms with van der Waals surface area (Å²) in [5.74, 6) is 0. The van der Waals surface area contributed by atoms with E-state index in [1.165, 1.54) is 5.56 Å². The Bertz CT molecular complexity index is 302. The zero-order valence-electron chi connectivity index (χ0n) is 9.04. The number of hydrogen-bond donors (Lipinski definition) is 2. The van der Waals surface area contributed by atoms with Crippen molar-refractivity contribution in [2.45, 2.75) is 19.8 Å². The van der Waals surface area contributed by atoms with Crippen LogP contribution in [0.4, 0.5) is 0 Å². The van der Waals surface area contributed by atoms with Gasteiger partial charge in [-0.1, -0.05) is 41.1 Å². The monoisotopic (exact) mass is 271 g/mol. The molecule has 1 rings (SSSR count). The molecule has 0 aliphatic carbocycles. The van der Waals surface area contributed by atoms with E-state index in [1.54, 1.807) is 0 Å². The quantitative estimate of drug-likeness (QED) is 0.864. The summed E-state index contributed by atoms with van der Waals surface area (Å²) in [5, 5.41) is 9.43. The van der Waals surface area contributed by atoms with Gasteiger partial charge >= 0.3 is 0 Å². The van der Waals surface area contributed by atoms with Gasteiger partial charge in [-0.05, 0) is 24.5 Å². The Morgan fingerprint density at radius 3 is 2.53 bits per heavy atom. The van der Waals surface area contributed by atoms with Crippen molar-refractivity contribution >= 4 is 15.9 Å². The van der Waals surface area contributed by atoms with E-state index in [-0.39, 0.29) is 12.0 Å². The lowest BCUT2D eigenvalue weighted by Gasteiger charge is -2.29. The lowest BCUT2D eigenvalue weighted by Crippen LogP contribution is -2.35. The topological polar surface area (TPSA) is 46.2 Å². The Balaban J connectivity index is 2.88. The highest BCUT2D eigenvalue weighted by atomic mass is 79.9. The maximum absolute atomic E-state index is 9.43. The summed E-state index contributed by atoms with van der Waals surface area (Å²) in [6.07, 6.45) is 1.71. The zero-order chi connectivity index (χ0) is 11.3. The zero-order valence-corrected chi connectivity index (χ0v) is 10.6. The van der Waals surface area contributed by atoms with Gasteiger partial charge in [-0.3, -0.25) is 0 Å². The van der Waals surface area contributed by atoms with Crippen molar-refractivity contribution in [1.29, 1.82) is 0 Å². The summed E-state index contributed by atoms with van der Waals surface area (Å²) in [5.41, 5.74) is 6.78. The minimum absolute atomic E-state index is 0.140. The van der Waals surface area contributed by atoms with Crippen molar-refractivity contribution in [3.63, 3.8) is 0 Å². The average molecular weight is 272 g/mol. The maximum Gasteiger partial charge on any atom is 0.0502 e. The SMILES string of the molecule is CCC(CN)(CO)Cc1ccccc1Br. The van der Waals surface area contributed by atoms with Crippen LogP contribution in [0.25, 0.3) is 0 Å². The molecule has 0 aliphatic heterocycles. The second kappa shape index (κ2) is 5.64. The predicted octanol–water partition coefficient (Wildman–Crippen LogP) is 2.34. The van der Waals surface area contributed by atoms with Crippen molar-refractivity contribution in [3.05, 3.63) is 34.3 Å². The Morgan fingerprint density at radius 1 is 1.40 bits per heavy atom. The van der Waals surface area contributed by atoms with Crippen LogP contribution in [0.2, 0.25) is 0 Å². The number of benzene rings is 1. The molecular weight excluding hydrogens is 254 g/mol. The van der Waals surface area contributed by atoms with E-state index in [2.05, 4.69) is 28.9 Å². The van der Waals surface area contributed by atoms with Gasteiger partial charge in [-0.25, -0.2) is 0 Å². The molecule has 0 fully saturated rings. The first-order valence-corrected chi connectivity index (χ1v) is 6.01. The normalized spacial score (nSPS) is 14.9. The minimum Gasteiger partial charge on any atom is -0.396 e. The van der Waals surface area contributed by atoms with Gasteiger partial charge < -0.3 is 10.8 Å². The van der Waals surface area contributed by atoms with Gasteiger partial charge in [-0.15, -0.1) is 0 Å². The third-order valence-electron chi connectivity index (χ3n) is 3.04. The standard InChI is InChI=1S/C12H18BrNO/c1-2-12(8-14,9-15)7-10-5-3-4-6-11(10)13/h3-6,15H,2,7-9,14H2,1H3. The first kappa shape index (κ1) is 12.7. The van der Waals surface area contributed by atoms with Gasteiger partial charge in [0.1, 0.15) is 0 Å². The second-order valence-electron chi connectivity index (χ2n) is 3.98. The Kier molecular flexibility index (Phi) is 4.77. The average Bonchev–Trinajstić information content (AvgIpc) is 2.29. The van der Waals surface area contributed by atoms with Crippen LogP contribution in [-0.2, 0) is 6.42 Å². The molecule has 0 heterocycles. The molecule has 3 N–H and O–H groups in total. The lowest BCUT2D eigenvalue weighted by atomic mass is 9.80. The summed E-state index contributed by atoms with van der Waals surface area (Å²) in [6, 6.07) is 8.08. The highest BCUT2D eigenvalue weighted by molar-refractivity contribution is 9.10. The van der Waals surface area contributed by atoms with Crippen LogP contribution in [0.1, 0.15) is 18.9 Å². The molecule has 0 bridgehead atoms. The lowest BCUT2D eigenvalue weighted by molar-refractivity contribution is 0.127. The van der Waals surface area contributed by atoms with Gasteiger partial charge in [0.15, 0.2) is 0 Å². The van der Waals surface area contributed by atoms with Crippen molar-refractivity contribution in [1.82, 2.24) is 0 Å². The highest BCUT2D eigenvalue weighted by Gasteiger charge is 2.26. The van der Waals surface area contributed by atoms with E-state index in [0.29, 0.717) is 6.54 Å². The summed E-state index contributed by atoms with van der Waals surface area (Å²) in [4.78, 5) is 0. The molecule has 0 saturated carbocycles. The second-order valence-corrected chi connectivity index (χ2v) is 4.84. The maximum atomic E-state index is 9.43. The molecule has 0 aliphatic rings. The highest BCUT2D eigenvalue weighted by Crippen LogP contribution is 2.28. The van der Waals surface area contributed by atoms with Crippen molar-refractivity contribution in [3.8, 4) is 0 Å². The minimum atomic E-state index is -0.177. The molecule has 1 aromatic rings. The van der Waals surface area contributed by atoms with Crippen LogP contribution in [-0.4, -0.2) is 18.3 Å². The molecule has 1 unspecified atom stereocenters. The predicted molar refractivity (Wildman–Crippen MR) is 66.7 cm³/mol. The van der Waals surface area contributed by atoms with E-state index in [9.17, 15) is 5.11 Å². The molecule has 0 amide bonds. The first-order valence-electron chi connectivity index (χ1n) is 5.22. The van der Waals surface area contributed by atoms with Gasteiger partial charge in [0.05, 0.1) is 6.61 Å². The Labute approximate surface area is 99.6 Å². The number of aliphatic hydroxyl groups excluding tert-OH is 1. The van der Waals surface area contributed by atoms with E-state index in [1.807, 2.05) is 18.2 Å². The largest absolute Gasteiger partial charge is 0.396 e. The van der Waals surface area contributed by atoms with Crippen LogP contribution in [0.5, 0.6) is 0 Å². The van der Waals surface area contributed by atoms with Crippen LogP contribution < -0.4 is 5.73 Å². The van der Waals surface area contributed by atoms with E-state index < -0.39 is 0 Å². The fraction of sp³-hybridized carbons (Fsp3) is 0.500. The van der Waals surface area contributed by atoms with Crippen LogP contribution in [0, 0.1) is 5.41 Å². The summed E-state index contributed by atoms with van der Waals surface area (Å²) < 4.78 is 1.09. The van der Waals surface area contributed by atoms with Crippen molar-refractivity contribution in [2.75, 3.05) is 13.2 Å². The fourth-order valence-electron chi connectivity index (χ4n) is 1.62. The van der Waals surface area contributed by atoms with Crippen LogP contribution in [0.15, 0.2) is 28.7 Å². The van der Waals surface area contributed by atoms with Crippen LogP contribution in [0.3, 0.4) is 0 Å². The fourth-order valence-corrected chi connectivity index (χ4v) is 2.04. The molecule has 3 heteroatoms. The molecule has 15 heavy (non-hydrogen) atoms. The summed E-state index contributed by atoms with van der Waals surface area (Å²) in [7, 11) is 0. The van der Waals surface area contributed by atoms with Gasteiger partial charge in [0.2, 0.25) is 0 Å². The van der Waals surface area contributed by atoms with E-state index >= 15 is 0 Å². The number of nitrogens with two attached hydrogens (primary N) is 1. The molecule has 0 radical (unpaired) electrons. The van der Waals surface area contributed by atoms with Crippen LogP contribution >= 0.6 is 15.9 Å².